The van der Waals surface area contributed by atoms with Crippen LogP contribution in [-0.4, -0.2) is 62.8 Å². The number of nitrogens with zero attached hydrogens (tertiary/aromatic N) is 1. The highest BCUT2D eigenvalue weighted by Gasteiger charge is 2.39. The van der Waals surface area contributed by atoms with E-state index in [1.54, 1.807) is 0 Å². The van der Waals surface area contributed by atoms with E-state index in [2.05, 4.69) is 4.90 Å². The fourth-order valence-corrected chi connectivity index (χ4v) is 2.73. The highest BCUT2D eigenvalue weighted by molar-refractivity contribution is 4.82. The molecule has 18 heavy (non-hydrogen) atoms. The van der Waals surface area contributed by atoms with Crippen LogP contribution in [0.15, 0.2) is 0 Å². The molecule has 2 heterocycles. The molecule has 2 fully saturated rings. The predicted molar refractivity (Wildman–Crippen MR) is 69.4 cm³/mol. The number of piperidine rings is 1. The lowest BCUT2D eigenvalue weighted by Gasteiger charge is -2.37. The van der Waals surface area contributed by atoms with Crippen molar-refractivity contribution in [1.82, 2.24) is 4.90 Å². The zero-order valence-electron chi connectivity index (χ0n) is 11.4. The molecule has 0 bridgehead atoms. The van der Waals surface area contributed by atoms with Crippen LogP contribution in [-0.2, 0) is 14.2 Å². The Hall–Kier alpha value is -0.200. The fourth-order valence-electron chi connectivity index (χ4n) is 2.73. The molecule has 1 unspecified atom stereocenters. The highest BCUT2D eigenvalue weighted by atomic mass is 16.7. The standard InChI is InChI=1S/C13H26N2O3/c1-2-16-12(11-14)3-6-15-7-4-13(5-8-15)17-9-10-18-13/h12H,2-11,14H2,1H3. The Labute approximate surface area is 110 Å². The first-order valence-electron chi connectivity index (χ1n) is 7.10. The van der Waals surface area contributed by atoms with E-state index >= 15 is 0 Å². The molecular formula is C13H26N2O3. The molecule has 2 N–H and O–H groups in total. The SMILES string of the molecule is CCOC(CN)CCN1CCC2(CC1)OCCO2. The van der Waals surface area contributed by atoms with Crippen LogP contribution in [0.25, 0.3) is 0 Å². The third-order valence-electron chi connectivity index (χ3n) is 3.86. The van der Waals surface area contributed by atoms with Gasteiger partial charge in [0.2, 0.25) is 0 Å². The van der Waals surface area contributed by atoms with E-state index in [-0.39, 0.29) is 11.9 Å². The number of hydrogen-bond acceptors (Lipinski definition) is 5. The lowest BCUT2D eigenvalue weighted by molar-refractivity contribution is -0.185. The molecule has 5 nitrogen and oxygen atoms in total. The third-order valence-corrected chi connectivity index (χ3v) is 3.86. The van der Waals surface area contributed by atoms with Crippen LogP contribution >= 0.6 is 0 Å². The second-order valence-electron chi connectivity index (χ2n) is 5.05. The maximum Gasteiger partial charge on any atom is 0.170 e. The first kappa shape index (κ1) is 14.2. The van der Waals surface area contributed by atoms with Gasteiger partial charge in [0, 0.05) is 45.6 Å². The van der Waals surface area contributed by atoms with E-state index in [1.165, 1.54) is 0 Å². The monoisotopic (exact) mass is 258 g/mol. The number of rotatable bonds is 6. The summed E-state index contributed by atoms with van der Waals surface area (Å²) < 4.78 is 17.0. The molecule has 2 saturated heterocycles. The van der Waals surface area contributed by atoms with Crippen molar-refractivity contribution in [3.8, 4) is 0 Å². The Morgan fingerprint density at radius 1 is 1.28 bits per heavy atom. The summed E-state index contributed by atoms with van der Waals surface area (Å²) in [6, 6.07) is 0. The van der Waals surface area contributed by atoms with Gasteiger partial charge in [-0.2, -0.15) is 0 Å². The minimum atomic E-state index is -0.260. The van der Waals surface area contributed by atoms with Crippen molar-refractivity contribution < 1.29 is 14.2 Å². The zero-order chi connectivity index (χ0) is 12.8. The Bertz CT molecular complexity index is 234. The maximum absolute atomic E-state index is 5.72. The molecule has 2 rings (SSSR count). The van der Waals surface area contributed by atoms with Crippen molar-refractivity contribution in [2.45, 2.75) is 38.1 Å². The van der Waals surface area contributed by atoms with Crippen LogP contribution in [0.1, 0.15) is 26.2 Å². The van der Waals surface area contributed by atoms with Crippen LogP contribution in [0.4, 0.5) is 0 Å². The topological polar surface area (TPSA) is 57.0 Å². The van der Waals surface area contributed by atoms with Crippen molar-refractivity contribution in [2.75, 3.05) is 46.0 Å². The van der Waals surface area contributed by atoms with E-state index in [0.717, 1.165) is 58.7 Å². The molecule has 0 aliphatic carbocycles. The summed E-state index contributed by atoms with van der Waals surface area (Å²) in [6.45, 7) is 8.01. The first-order valence-corrected chi connectivity index (χ1v) is 7.10. The molecule has 0 amide bonds. The highest BCUT2D eigenvalue weighted by Crippen LogP contribution is 2.31. The average Bonchev–Trinajstić information content (AvgIpc) is 2.85. The molecule has 0 aromatic heterocycles. The lowest BCUT2D eigenvalue weighted by atomic mass is 10.0. The van der Waals surface area contributed by atoms with Crippen LogP contribution in [0.3, 0.4) is 0 Å². The van der Waals surface area contributed by atoms with Crippen molar-refractivity contribution in [3.05, 3.63) is 0 Å². The van der Waals surface area contributed by atoms with Crippen LogP contribution < -0.4 is 5.73 Å². The minimum absolute atomic E-state index is 0.199. The molecule has 0 aromatic rings. The van der Waals surface area contributed by atoms with Crippen molar-refractivity contribution in [2.24, 2.45) is 5.73 Å². The van der Waals surface area contributed by atoms with Gasteiger partial charge in [-0.05, 0) is 13.3 Å². The van der Waals surface area contributed by atoms with E-state index in [4.69, 9.17) is 19.9 Å². The summed E-state index contributed by atoms with van der Waals surface area (Å²) in [7, 11) is 0. The molecule has 1 atom stereocenters. The lowest BCUT2D eigenvalue weighted by Crippen LogP contribution is -2.46. The molecule has 0 aromatic carbocycles. The van der Waals surface area contributed by atoms with Gasteiger partial charge < -0.3 is 24.8 Å². The zero-order valence-corrected chi connectivity index (χ0v) is 11.4. The summed E-state index contributed by atoms with van der Waals surface area (Å²) >= 11 is 0. The minimum Gasteiger partial charge on any atom is -0.377 e. The number of ether oxygens (including phenoxy) is 3. The second-order valence-corrected chi connectivity index (χ2v) is 5.05. The van der Waals surface area contributed by atoms with Gasteiger partial charge >= 0.3 is 0 Å². The average molecular weight is 258 g/mol. The molecule has 106 valence electrons. The van der Waals surface area contributed by atoms with E-state index in [1.807, 2.05) is 6.92 Å². The van der Waals surface area contributed by atoms with Crippen molar-refractivity contribution in [3.63, 3.8) is 0 Å². The Balaban J connectivity index is 1.66. The molecule has 0 radical (unpaired) electrons. The smallest absolute Gasteiger partial charge is 0.170 e. The van der Waals surface area contributed by atoms with E-state index < -0.39 is 0 Å². The normalized spacial score (nSPS) is 25.7. The molecular weight excluding hydrogens is 232 g/mol. The van der Waals surface area contributed by atoms with Gasteiger partial charge in [0.15, 0.2) is 5.79 Å². The summed E-state index contributed by atoms with van der Waals surface area (Å²) in [4.78, 5) is 2.46. The Morgan fingerprint density at radius 3 is 2.50 bits per heavy atom. The van der Waals surface area contributed by atoms with Gasteiger partial charge in [0.05, 0.1) is 19.3 Å². The molecule has 1 spiro atoms. The van der Waals surface area contributed by atoms with Crippen LogP contribution in [0.5, 0.6) is 0 Å². The molecule has 2 aliphatic heterocycles. The summed E-state index contributed by atoms with van der Waals surface area (Å²) in [6.07, 6.45) is 3.17. The van der Waals surface area contributed by atoms with E-state index in [9.17, 15) is 0 Å². The Kier molecular flexibility index (Phi) is 5.38. The van der Waals surface area contributed by atoms with Gasteiger partial charge in [-0.3, -0.25) is 0 Å². The van der Waals surface area contributed by atoms with Gasteiger partial charge in [0.1, 0.15) is 0 Å². The largest absolute Gasteiger partial charge is 0.377 e. The fraction of sp³-hybridized carbons (Fsp3) is 1.00. The maximum atomic E-state index is 5.72. The Morgan fingerprint density at radius 2 is 1.94 bits per heavy atom. The van der Waals surface area contributed by atoms with E-state index in [0.29, 0.717) is 6.54 Å². The van der Waals surface area contributed by atoms with Crippen LogP contribution in [0, 0.1) is 0 Å². The van der Waals surface area contributed by atoms with Gasteiger partial charge in [-0.25, -0.2) is 0 Å². The first-order chi connectivity index (χ1) is 8.78. The molecule has 2 aliphatic rings. The van der Waals surface area contributed by atoms with Gasteiger partial charge in [0.25, 0.3) is 0 Å². The summed E-state index contributed by atoms with van der Waals surface area (Å²) in [5, 5.41) is 0. The van der Waals surface area contributed by atoms with Crippen molar-refractivity contribution in [1.29, 1.82) is 0 Å². The second kappa shape index (κ2) is 6.82. The molecule has 0 saturated carbocycles. The van der Waals surface area contributed by atoms with Gasteiger partial charge in [-0.15, -0.1) is 0 Å². The van der Waals surface area contributed by atoms with Gasteiger partial charge in [-0.1, -0.05) is 0 Å². The van der Waals surface area contributed by atoms with Crippen LogP contribution in [0.2, 0.25) is 0 Å². The molecule has 5 heteroatoms. The predicted octanol–water partition coefficient (Wildman–Crippen LogP) is 0.579. The number of hydrogen-bond donors (Lipinski definition) is 1. The number of likely N-dealkylation sites (tertiary alicyclic amines) is 1. The van der Waals surface area contributed by atoms with Crippen molar-refractivity contribution >= 4 is 0 Å². The quantitative estimate of drug-likeness (QED) is 0.755. The summed E-state index contributed by atoms with van der Waals surface area (Å²) in [5.41, 5.74) is 5.69. The summed E-state index contributed by atoms with van der Waals surface area (Å²) in [5.74, 6) is -0.260. The third kappa shape index (κ3) is 3.65. The number of nitrogens with two attached hydrogens (primary N) is 1.